The van der Waals surface area contributed by atoms with Crippen LogP contribution in [0.2, 0.25) is 0 Å². The average Bonchev–Trinajstić information content (AvgIpc) is 2.94. The second kappa shape index (κ2) is 6.50. The smallest absolute Gasteiger partial charge is 0.271 e. The summed E-state index contributed by atoms with van der Waals surface area (Å²) in [4.78, 5) is 30.1. The summed E-state index contributed by atoms with van der Waals surface area (Å²) in [7, 11) is 0. The molecular weight excluding hydrogens is 333 g/mol. The fourth-order valence-electron chi connectivity index (χ4n) is 2.26. The Morgan fingerprint density at radius 3 is 2.96 bits per heavy atom. The van der Waals surface area contributed by atoms with Crippen molar-refractivity contribution in [3.63, 3.8) is 0 Å². The standard InChI is InChI=1S/C16H14FN3O3S/c1-9-7-20-15(23)12(6-19-16(20)24-9)14(22)18-5-10-2-3-11(8-21)13(17)4-10/h2-4,6-7,21H,5,8H2,1H3,(H,18,22). The molecule has 0 fully saturated rings. The van der Waals surface area contributed by atoms with E-state index in [0.717, 1.165) is 4.88 Å². The number of rotatable bonds is 4. The summed E-state index contributed by atoms with van der Waals surface area (Å²) in [5.74, 6) is -1.11. The van der Waals surface area contributed by atoms with E-state index < -0.39 is 17.3 Å². The molecule has 0 bridgehead atoms. The highest BCUT2D eigenvalue weighted by molar-refractivity contribution is 7.16. The van der Waals surface area contributed by atoms with Crippen molar-refractivity contribution in [3.8, 4) is 0 Å². The number of hydrogen-bond acceptors (Lipinski definition) is 5. The number of halogens is 1. The van der Waals surface area contributed by atoms with Crippen molar-refractivity contribution >= 4 is 22.2 Å². The summed E-state index contributed by atoms with van der Waals surface area (Å²) in [5.41, 5.74) is 0.200. The van der Waals surface area contributed by atoms with Gasteiger partial charge in [0.1, 0.15) is 11.4 Å². The predicted molar refractivity (Wildman–Crippen MR) is 87.6 cm³/mol. The normalized spacial score (nSPS) is 11.0. The third-order valence-corrected chi connectivity index (χ3v) is 4.42. The molecule has 1 aromatic carbocycles. The van der Waals surface area contributed by atoms with Gasteiger partial charge in [-0.25, -0.2) is 9.37 Å². The van der Waals surface area contributed by atoms with E-state index in [1.165, 1.54) is 34.1 Å². The van der Waals surface area contributed by atoms with Crippen molar-refractivity contribution in [2.24, 2.45) is 0 Å². The number of hydrogen-bond donors (Lipinski definition) is 2. The number of nitrogens with one attached hydrogen (secondary N) is 1. The highest BCUT2D eigenvalue weighted by atomic mass is 32.1. The van der Waals surface area contributed by atoms with E-state index in [2.05, 4.69) is 10.3 Å². The van der Waals surface area contributed by atoms with Gasteiger partial charge in [0.05, 0.1) is 6.61 Å². The lowest BCUT2D eigenvalue weighted by Crippen LogP contribution is -2.30. The molecule has 0 saturated carbocycles. The first-order valence-corrected chi connectivity index (χ1v) is 7.95. The van der Waals surface area contributed by atoms with Gasteiger partial charge in [-0.3, -0.25) is 14.0 Å². The van der Waals surface area contributed by atoms with Gasteiger partial charge in [0.25, 0.3) is 11.5 Å². The van der Waals surface area contributed by atoms with Crippen molar-refractivity contribution in [1.29, 1.82) is 0 Å². The van der Waals surface area contributed by atoms with E-state index in [0.29, 0.717) is 10.5 Å². The summed E-state index contributed by atoms with van der Waals surface area (Å²) >= 11 is 1.36. The fourth-order valence-corrected chi connectivity index (χ4v) is 3.04. The van der Waals surface area contributed by atoms with Gasteiger partial charge in [-0.15, -0.1) is 11.3 Å². The van der Waals surface area contributed by atoms with Crippen LogP contribution in [0.3, 0.4) is 0 Å². The Balaban J connectivity index is 1.79. The maximum absolute atomic E-state index is 13.6. The van der Waals surface area contributed by atoms with E-state index >= 15 is 0 Å². The zero-order chi connectivity index (χ0) is 17.3. The molecule has 3 aromatic rings. The predicted octanol–water partition coefficient (Wildman–Crippen LogP) is 1.63. The van der Waals surface area contributed by atoms with Crippen molar-refractivity contribution in [3.05, 3.63) is 68.3 Å². The molecule has 24 heavy (non-hydrogen) atoms. The number of carbonyl (C=O) groups excluding carboxylic acids is 1. The van der Waals surface area contributed by atoms with Gasteiger partial charge in [0, 0.05) is 29.4 Å². The number of nitrogens with zero attached hydrogens (tertiary/aromatic N) is 2. The average molecular weight is 347 g/mol. The Hall–Kier alpha value is -2.58. The number of carbonyl (C=O) groups is 1. The largest absolute Gasteiger partial charge is 0.392 e. The monoisotopic (exact) mass is 347 g/mol. The van der Waals surface area contributed by atoms with Gasteiger partial charge in [-0.2, -0.15) is 0 Å². The first-order valence-electron chi connectivity index (χ1n) is 7.13. The molecule has 0 aliphatic heterocycles. The molecule has 8 heteroatoms. The Morgan fingerprint density at radius 1 is 1.46 bits per heavy atom. The number of fused-ring (bicyclic) bond motifs is 1. The number of thiazole rings is 1. The van der Waals surface area contributed by atoms with Crippen LogP contribution >= 0.6 is 11.3 Å². The highest BCUT2D eigenvalue weighted by Crippen LogP contribution is 2.13. The third kappa shape index (κ3) is 3.06. The Labute approximate surface area is 140 Å². The lowest BCUT2D eigenvalue weighted by Gasteiger charge is -2.07. The van der Waals surface area contributed by atoms with E-state index in [1.807, 2.05) is 6.92 Å². The van der Waals surface area contributed by atoms with E-state index in [9.17, 15) is 14.0 Å². The minimum Gasteiger partial charge on any atom is -0.392 e. The van der Waals surface area contributed by atoms with Crippen molar-refractivity contribution in [1.82, 2.24) is 14.7 Å². The minimum atomic E-state index is -0.572. The lowest BCUT2D eigenvalue weighted by atomic mass is 10.1. The number of aryl methyl sites for hydroxylation is 1. The first-order chi connectivity index (χ1) is 11.5. The zero-order valence-electron chi connectivity index (χ0n) is 12.7. The van der Waals surface area contributed by atoms with Crippen LogP contribution in [-0.4, -0.2) is 20.4 Å². The molecule has 1 amide bonds. The number of aliphatic hydroxyl groups excluding tert-OH is 1. The van der Waals surface area contributed by atoms with Crippen molar-refractivity contribution < 1.29 is 14.3 Å². The lowest BCUT2D eigenvalue weighted by molar-refractivity contribution is 0.0949. The molecule has 124 valence electrons. The van der Waals surface area contributed by atoms with Crippen LogP contribution < -0.4 is 10.9 Å². The molecule has 0 unspecified atom stereocenters. The van der Waals surface area contributed by atoms with Crippen LogP contribution in [0.1, 0.15) is 26.4 Å². The maximum Gasteiger partial charge on any atom is 0.271 e. The molecule has 0 radical (unpaired) electrons. The van der Waals surface area contributed by atoms with Crippen LogP contribution in [0, 0.1) is 12.7 Å². The van der Waals surface area contributed by atoms with Crippen LogP contribution in [-0.2, 0) is 13.2 Å². The number of aliphatic hydroxyl groups is 1. The highest BCUT2D eigenvalue weighted by Gasteiger charge is 2.14. The Bertz CT molecular complexity index is 980. The number of amides is 1. The molecule has 0 aliphatic rings. The molecule has 2 N–H and O–H groups in total. The number of aromatic nitrogens is 2. The van der Waals surface area contributed by atoms with E-state index in [-0.39, 0.29) is 24.3 Å². The molecule has 3 rings (SSSR count). The van der Waals surface area contributed by atoms with Gasteiger partial charge < -0.3 is 10.4 Å². The summed E-state index contributed by atoms with van der Waals surface area (Å²) in [6.45, 7) is 1.52. The van der Waals surface area contributed by atoms with Crippen LogP contribution in [0.4, 0.5) is 4.39 Å². The molecule has 6 nitrogen and oxygen atoms in total. The van der Waals surface area contributed by atoms with Crippen LogP contribution in [0.25, 0.3) is 4.96 Å². The van der Waals surface area contributed by atoms with Gasteiger partial charge in [-0.1, -0.05) is 12.1 Å². The molecular formula is C16H14FN3O3S. The second-order valence-electron chi connectivity index (χ2n) is 5.24. The van der Waals surface area contributed by atoms with Crippen molar-refractivity contribution in [2.45, 2.75) is 20.1 Å². The molecule has 2 heterocycles. The molecule has 0 aliphatic carbocycles. The summed E-state index contributed by atoms with van der Waals surface area (Å²) < 4.78 is 14.9. The molecule has 2 aromatic heterocycles. The summed E-state index contributed by atoms with van der Waals surface area (Å²) in [6.07, 6.45) is 2.88. The van der Waals surface area contributed by atoms with Crippen LogP contribution in [0.5, 0.6) is 0 Å². The van der Waals surface area contributed by atoms with Crippen LogP contribution in [0.15, 0.2) is 35.4 Å². The number of benzene rings is 1. The van der Waals surface area contributed by atoms with E-state index in [4.69, 9.17) is 5.11 Å². The van der Waals surface area contributed by atoms with Gasteiger partial charge in [0.2, 0.25) is 0 Å². The van der Waals surface area contributed by atoms with Gasteiger partial charge in [0.15, 0.2) is 4.96 Å². The Morgan fingerprint density at radius 2 is 2.25 bits per heavy atom. The minimum absolute atomic E-state index is 0.0618. The fraction of sp³-hybridized carbons (Fsp3) is 0.188. The third-order valence-electron chi connectivity index (χ3n) is 3.51. The van der Waals surface area contributed by atoms with Crippen molar-refractivity contribution in [2.75, 3.05) is 0 Å². The van der Waals surface area contributed by atoms with E-state index in [1.54, 1.807) is 12.3 Å². The summed E-state index contributed by atoms with van der Waals surface area (Å²) in [5, 5.41) is 11.5. The maximum atomic E-state index is 13.6. The first kappa shape index (κ1) is 16.3. The zero-order valence-corrected chi connectivity index (χ0v) is 13.6. The molecule has 0 spiro atoms. The second-order valence-corrected chi connectivity index (χ2v) is 6.45. The SMILES string of the molecule is Cc1cn2c(=O)c(C(=O)NCc3ccc(CO)c(F)c3)cnc2s1. The topological polar surface area (TPSA) is 83.7 Å². The van der Waals surface area contributed by atoms with Gasteiger partial charge >= 0.3 is 0 Å². The summed E-state index contributed by atoms with van der Waals surface area (Å²) in [6, 6.07) is 4.29. The Kier molecular flexibility index (Phi) is 4.41. The quantitative estimate of drug-likeness (QED) is 0.751. The molecule has 0 saturated heterocycles. The van der Waals surface area contributed by atoms with Gasteiger partial charge in [-0.05, 0) is 18.6 Å². The molecule has 0 atom stereocenters.